The highest BCUT2D eigenvalue weighted by Gasteiger charge is 2.19. The fourth-order valence-corrected chi connectivity index (χ4v) is 1.26. The van der Waals surface area contributed by atoms with Gasteiger partial charge in [0, 0.05) is 12.1 Å². The van der Waals surface area contributed by atoms with Crippen molar-refractivity contribution in [2.75, 3.05) is 0 Å². The summed E-state index contributed by atoms with van der Waals surface area (Å²) in [5.41, 5.74) is -0.905. The summed E-state index contributed by atoms with van der Waals surface area (Å²) in [4.78, 5) is 8.12. The van der Waals surface area contributed by atoms with Gasteiger partial charge in [-0.25, -0.2) is 0 Å². The van der Waals surface area contributed by atoms with Gasteiger partial charge in [-0.15, -0.1) is 3.89 Å². The Morgan fingerprint density at radius 1 is 1.36 bits per heavy atom. The Labute approximate surface area is 77.3 Å². The first-order chi connectivity index (χ1) is 6.32. The van der Waals surface area contributed by atoms with Crippen molar-refractivity contribution >= 4 is 15.9 Å². The van der Waals surface area contributed by atoms with Gasteiger partial charge in [0.05, 0.1) is 4.92 Å². The van der Waals surface area contributed by atoms with E-state index in [1.807, 2.05) is 0 Å². The van der Waals surface area contributed by atoms with E-state index < -0.39 is 31.5 Å². The minimum atomic E-state index is -5.03. The number of rotatable bonds is 2. The third-order valence-corrected chi connectivity index (χ3v) is 2.21. The maximum absolute atomic E-state index is 12.8. The zero-order valence-corrected chi connectivity index (χ0v) is 7.29. The highest BCUT2D eigenvalue weighted by Crippen LogP contribution is 2.21. The number of halogens is 2. The van der Waals surface area contributed by atoms with E-state index in [1.165, 1.54) is 0 Å². The molecule has 0 spiro atoms. The second-order valence-corrected chi connectivity index (χ2v) is 3.66. The number of nitro benzene ring substituents is 1. The SMILES string of the molecule is O=[N+]([O-])c1ccc(S(=O)(=O)F)cc1F. The molecule has 0 aromatic heterocycles. The van der Waals surface area contributed by atoms with Crippen LogP contribution in [0.25, 0.3) is 0 Å². The van der Waals surface area contributed by atoms with E-state index in [0.717, 1.165) is 0 Å². The summed E-state index contributed by atoms with van der Waals surface area (Å²) in [6.45, 7) is 0. The molecule has 0 unspecified atom stereocenters. The van der Waals surface area contributed by atoms with E-state index in [2.05, 4.69) is 0 Å². The summed E-state index contributed by atoms with van der Waals surface area (Å²) in [5, 5.41) is 10.1. The molecule has 0 fully saturated rings. The molecule has 5 nitrogen and oxygen atoms in total. The normalized spacial score (nSPS) is 11.3. The average Bonchev–Trinajstić information content (AvgIpc) is 2.01. The second kappa shape index (κ2) is 3.29. The van der Waals surface area contributed by atoms with Gasteiger partial charge in [0.2, 0.25) is 5.82 Å². The molecule has 0 aliphatic carbocycles. The maximum Gasteiger partial charge on any atom is 0.332 e. The van der Waals surface area contributed by atoms with E-state index >= 15 is 0 Å². The van der Waals surface area contributed by atoms with Crippen LogP contribution in [0.5, 0.6) is 0 Å². The molecule has 76 valence electrons. The molecule has 0 saturated heterocycles. The Hall–Kier alpha value is -1.57. The van der Waals surface area contributed by atoms with Crippen molar-refractivity contribution in [2.45, 2.75) is 4.90 Å². The molecule has 0 radical (unpaired) electrons. The molecule has 0 aliphatic heterocycles. The van der Waals surface area contributed by atoms with Gasteiger partial charge in [0.25, 0.3) is 0 Å². The van der Waals surface area contributed by atoms with Crippen LogP contribution in [0.2, 0.25) is 0 Å². The Kier molecular flexibility index (Phi) is 2.47. The first-order valence-electron chi connectivity index (χ1n) is 3.21. The summed E-state index contributed by atoms with van der Waals surface area (Å²) in [6, 6.07) is 1.46. The van der Waals surface area contributed by atoms with Gasteiger partial charge in [0.1, 0.15) is 4.90 Å². The summed E-state index contributed by atoms with van der Waals surface area (Å²) >= 11 is 0. The van der Waals surface area contributed by atoms with Crippen LogP contribution >= 0.6 is 0 Å². The summed E-state index contributed by atoms with van der Waals surface area (Å²) in [6.07, 6.45) is 0. The van der Waals surface area contributed by atoms with Gasteiger partial charge in [-0.05, 0) is 6.07 Å². The fraction of sp³-hybridized carbons (Fsp3) is 0. The lowest BCUT2D eigenvalue weighted by Crippen LogP contribution is -1.97. The zero-order valence-electron chi connectivity index (χ0n) is 6.48. The van der Waals surface area contributed by atoms with E-state index in [4.69, 9.17) is 0 Å². The van der Waals surface area contributed by atoms with Crippen molar-refractivity contribution in [1.29, 1.82) is 0 Å². The Bertz CT molecular complexity index is 485. The van der Waals surface area contributed by atoms with Crippen molar-refractivity contribution < 1.29 is 21.6 Å². The number of hydrogen-bond acceptors (Lipinski definition) is 4. The molecule has 0 amide bonds. The van der Waals surface area contributed by atoms with Crippen molar-refractivity contribution in [3.63, 3.8) is 0 Å². The van der Waals surface area contributed by atoms with Crippen LogP contribution in [0.3, 0.4) is 0 Å². The molecule has 1 aromatic carbocycles. The number of benzene rings is 1. The zero-order chi connectivity index (χ0) is 10.9. The molecule has 1 aromatic rings. The van der Waals surface area contributed by atoms with Crippen LogP contribution < -0.4 is 0 Å². The lowest BCUT2D eigenvalue weighted by atomic mass is 10.3. The lowest BCUT2D eigenvalue weighted by Gasteiger charge is -1.95. The third kappa shape index (κ3) is 2.02. The van der Waals surface area contributed by atoms with E-state index in [0.29, 0.717) is 12.1 Å². The molecule has 14 heavy (non-hydrogen) atoms. The predicted molar refractivity (Wildman–Crippen MR) is 41.3 cm³/mol. The summed E-state index contributed by atoms with van der Waals surface area (Å²) < 4.78 is 45.6. The summed E-state index contributed by atoms with van der Waals surface area (Å²) in [7, 11) is -5.03. The van der Waals surface area contributed by atoms with Crippen LogP contribution in [0.1, 0.15) is 0 Å². The van der Waals surface area contributed by atoms with Gasteiger partial charge in [-0.1, -0.05) is 0 Å². The second-order valence-electron chi connectivity index (χ2n) is 2.31. The standard InChI is InChI=1S/C6H3F2NO4S/c7-5-3-4(14(8,12)13)1-2-6(5)9(10)11/h1-3H. The molecule has 0 aliphatic rings. The molecule has 0 heterocycles. The first-order valence-corrected chi connectivity index (χ1v) is 4.59. The molecule has 0 atom stereocenters. The minimum Gasteiger partial charge on any atom is -0.258 e. The summed E-state index contributed by atoms with van der Waals surface area (Å²) in [5.74, 6) is -1.39. The van der Waals surface area contributed by atoms with Gasteiger partial charge >= 0.3 is 15.9 Å². The van der Waals surface area contributed by atoms with Crippen LogP contribution in [-0.4, -0.2) is 13.3 Å². The number of hydrogen-bond donors (Lipinski definition) is 0. The van der Waals surface area contributed by atoms with Gasteiger partial charge in [-0.3, -0.25) is 10.1 Å². The monoisotopic (exact) mass is 223 g/mol. The number of nitrogens with zero attached hydrogens (tertiary/aromatic N) is 1. The Balaban J connectivity index is 3.34. The van der Waals surface area contributed by atoms with E-state index in [9.17, 15) is 26.8 Å². The minimum absolute atomic E-state index is 0.257. The van der Waals surface area contributed by atoms with Gasteiger partial charge < -0.3 is 0 Å². The molecular formula is C6H3F2NO4S. The highest BCUT2D eigenvalue weighted by molar-refractivity contribution is 7.86. The van der Waals surface area contributed by atoms with Gasteiger partial charge in [-0.2, -0.15) is 12.8 Å². The Morgan fingerprint density at radius 2 is 1.93 bits per heavy atom. The van der Waals surface area contributed by atoms with E-state index in [1.54, 1.807) is 0 Å². The molecule has 0 N–H and O–H groups in total. The lowest BCUT2D eigenvalue weighted by molar-refractivity contribution is -0.387. The number of nitro groups is 1. The van der Waals surface area contributed by atoms with Crippen LogP contribution in [0, 0.1) is 15.9 Å². The van der Waals surface area contributed by atoms with Gasteiger partial charge in [0.15, 0.2) is 0 Å². The molecule has 0 bridgehead atoms. The molecule has 1 rings (SSSR count). The maximum atomic E-state index is 12.8. The van der Waals surface area contributed by atoms with Crippen molar-refractivity contribution in [3.8, 4) is 0 Å². The largest absolute Gasteiger partial charge is 0.332 e. The predicted octanol–water partition coefficient (Wildman–Crippen LogP) is 1.39. The average molecular weight is 223 g/mol. The fourth-order valence-electron chi connectivity index (χ4n) is 0.787. The molecular weight excluding hydrogens is 220 g/mol. The van der Waals surface area contributed by atoms with Crippen molar-refractivity contribution in [1.82, 2.24) is 0 Å². The third-order valence-electron chi connectivity index (χ3n) is 1.40. The quantitative estimate of drug-likeness (QED) is 0.431. The topological polar surface area (TPSA) is 77.3 Å². The molecule has 0 saturated carbocycles. The van der Waals surface area contributed by atoms with Crippen molar-refractivity contribution in [3.05, 3.63) is 34.1 Å². The van der Waals surface area contributed by atoms with Crippen molar-refractivity contribution in [2.24, 2.45) is 0 Å². The van der Waals surface area contributed by atoms with Crippen LogP contribution in [0.15, 0.2) is 23.1 Å². The van der Waals surface area contributed by atoms with E-state index in [-0.39, 0.29) is 6.07 Å². The smallest absolute Gasteiger partial charge is 0.258 e. The van der Waals surface area contributed by atoms with Crippen LogP contribution in [0.4, 0.5) is 14.0 Å². The first kappa shape index (κ1) is 10.5. The Morgan fingerprint density at radius 3 is 2.29 bits per heavy atom. The van der Waals surface area contributed by atoms with Crippen LogP contribution in [-0.2, 0) is 10.2 Å². The highest BCUT2D eigenvalue weighted by atomic mass is 32.3. The molecule has 8 heteroatoms.